The number of carbonyl (C=O) groups excluding carboxylic acids is 2. The average molecular weight is 396 g/mol. The van der Waals surface area contributed by atoms with Crippen LogP contribution in [-0.2, 0) is 4.79 Å². The minimum Gasteiger partial charge on any atom is -0.352 e. The van der Waals surface area contributed by atoms with E-state index >= 15 is 0 Å². The van der Waals surface area contributed by atoms with Crippen LogP contribution in [0.25, 0.3) is 0 Å². The van der Waals surface area contributed by atoms with Crippen molar-refractivity contribution in [1.29, 1.82) is 0 Å². The van der Waals surface area contributed by atoms with E-state index in [0.717, 1.165) is 43.2 Å². The molecule has 2 rings (SSSR count). The number of nitrogens with one attached hydrogen (secondary N) is 1. The zero-order valence-corrected chi connectivity index (χ0v) is 17.6. The molecule has 1 fully saturated rings. The van der Waals surface area contributed by atoms with Crippen molar-refractivity contribution in [2.45, 2.75) is 58.9 Å². The van der Waals surface area contributed by atoms with Gasteiger partial charge in [-0.3, -0.25) is 9.59 Å². The number of nitrogens with zero attached hydrogens (tertiary/aromatic N) is 1. The molecule has 3 N–H and O–H groups in total. The van der Waals surface area contributed by atoms with Gasteiger partial charge in [-0.25, -0.2) is 0 Å². The number of aryl methyl sites for hydroxylation is 2. The maximum absolute atomic E-state index is 12.9. The van der Waals surface area contributed by atoms with Crippen molar-refractivity contribution in [3.05, 3.63) is 34.9 Å². The van der Waals surface area contributed by atoms with Crippen molar-refractivity contribution < 1.29 is 9.59 Å². The summed E-state index contributed by atoms with van der Waals surface area (Å²) in [5.74, 6) is -0.0839. The fraction of sp³-hybridized carbons (Fsp3) is 0.619. The van der Waals surface area contributed by atoms with Gasteiger partial charge in [0.2, 0.25) is 5.91 Å². The van der Waals surface area contributed by atoms with E-state index in [1.165, 1.54) is 0 Å². The number of halogens is 1. The fourth-order valence-corrected chi connectivity index (χ4v) is 3.67. The molecule has 1 heterocycles. The van der Waals surface area contributed by atoms with E-state index in [9.17, 15) is 9.59 Å². The van der Waals surface area contributed by atoms with Crippen LogP contribution in [0.3, 0.4) is 0 Å². The lowest BCUT2D eigenvalue weighted by molar-refractivity contribution is -0.127. The molecule has 1 aromatic carbocycles. The van der Waals surface area contributed by atoms with Crippen molar-refractivity contribution in [2.24, 2.45) is 11.7 Å². The molecule has 0 radical (unpaired) electrons. The molecule has 2 atom stereocenters. The minimum atomic E-state index is -0.144. The van der Waals surface area contributed by atoms with Crippen LogP contribution >= 0.6 is 12.4 Å². The summed E-state index contributed by atoms with van der Waals surface area (Å²) < 4.78 is 0. The van der Waals surface area contributed by atoms with Crippen LogP contribution in [0.1, 0.15) is 60.5 Å². The summed E-state index contributed by atoms with van der Waals surface area (Å²) in [4.78, 5) is 27.3. The van der Waals surface area contributed by atoms with Crippen molar-refractivity contribution in [1.82, 2.24) is 10.2 Å². The Morgan fingerprint density at radius 1 is 1.26 bits per heavy atom. The van der Waals surface area contributed by atoms with E-state index in [0.29, 0.717) is 25.2 Å². The van der Waals surface area contributed by atoms with Gasteiger partial charge in [-0.15, -0.1) is 12.4 Å². The number of carbonyl (C=O) groups is 2. The maximum atomic E-state index is 12.9. The SMILES string of the molecule is CCCCC(CN)NC(=O)C1CCCN(C(=O)c2cc(C)cc(C)c2)C1.Cl. The number of rotatable bonds is 7. The molecule has 0 aromatic heterocycles. The van der Waals surface area contributed by atoms with Gasteiger partial charge in [-0.05, 0) is 45.2 Å². The summed E-state index contributed by atoms with van der Waals surface area (Å²) >= 11 is 0. The number of hydrogen-bond acceptors (Lipinski definition) is 3. The third kappa shape index (κ3) is 6.82. The number of benzene rings is 1. The fourth-order valence-electron chi connectivity index (χ4n) is 3.67. The first-order valence-corrected chi connectivity index (χ1v) is 9.82. The van der Waals surface area contributed by atoms with Gasteiger partial charge >= 0.3 is 0 Å². The summed E-state index contributed by atoms with van der Waals surface area (Å²) in [5.41, 5.74) is 8.68. The first kappa shape index (κ1) is 23.4. The molecule has 5 nitrogen and oxygen atoms in total. The van der Waals surface area contributed by atoms with Gasteiger partial charge in [-0.2, -0.15) is 0 Å². The van der Waals surface area contributed by atoms with Gasteiger partial charge in [-0.1, -0.05) is 37.0 Å². The topological polar surface area (TPSA) is 75.4 Å². The highest BCUT2D eigenvalue weighted by Crippen LogP contribution is 2.20. The van der Waals surface area contributed by atoms with Gasteiger partial charge in [0.05, 0.1) is 5.92 Å². The van der Waals surface area contributed by atoms with Gasteiger partial charge in [0.1, 0.15) is 0 Å². The number of piperidine rings is 1. The van der Waals surface area contributed by atoms with E-state index in [-0.39, 0.29) is 36.2 Å². The maximum Gasteiger partial charge on any atom is 0.253 e. The Bertz CT molecular complexity index is 616. The standard InChI is InChI=1S/C21H33N3O2.ClH/c1-4-5-8-19(13-22)23-20(25)17-7-6-9-24(14-17)21(26)18-11-15(2)10-16(3)12-18;/h10-12,17,19H,4-9,13-14,22H2,1-3H3,(H,23,25);1H. The first-order chi connectivity index (χ1) is 12.4. The summed E-state index contributed by atoms with van der Waals surface area (Å²) in [6.45, 7) is 7.80. The summed E-state index contributed by atoms with van der Waals surface area (Å²) in [5, 5.41) is 3.09. The molecule has 0 spiro atoms. The van der Waals surface area contributed by atoms with Crippen molar-refractivity contribution >= 4 is 24.2 Å². The van der Waals surface area contributed by atoms with Crippen LogP contribution in [0.5, 0.6) is 0 Å². The lowest BCUT2D eigenvalue weighted by Gasteiger charge is -2.33. The van der Waals surface area contributed by atoms with E-state index < -0.39 is 0 Å². The zero-order chi connectivity index (χ0) is 19.1. The third-order valence-electron chi connectivity index (χ3n) is 5.09. The van der Waals surface area contributed by atoms with Crippen LogP contribution < -0.4 is 11.1 Å². The summed E-state index contributed by atoms with van der Waals surface area (Å²) in [6, 6.07) is 5.95. The van der Waals surface area contributed by atoms with E-state index in [4.69, 9.17) is 5.73 Å². The van der Waals surface area contributed by atoms with E-state index in [1.807, 2.05) is 30.9 Å². The van der Waals surface area contributed by atoms with Crippen molar-refractivity contribution in [3.63, 3.8) is 0 Å². The highest BCUT2D eigenvalue weighted by Gasteiger charge is 2.29. The van der Waals surface area contributed by atoms with Gasteiger partial charge in [0.25, 0.3) is 5.91 Å². The Morgan fingerprint density at radius 3 is 2.52 bits per heavy atom. The van der Waals surface area contributed by atoms with Crippen LogP contribution in [0.2, 0.25) is 0 Å². The highest BCUT2D eigenvalue weighted by molar-refractivity contribution is 5.95. The first-order valence-electron chi connectivity index (χ1n) is 9.82. The molecule has 2 amide bonds. The molecular weight excluding hydrogens is 362 g/mol. The second-order valence-electron chi connectivity index (χ2n) is 7.55. The van der Waals surface area contributed by atoms with Crippen LogP contribution in [-0.4, -0.2) is 42.4 Å². The van der Waals surface area contributed by atoms with Crippen LogP contribution in [0.15, 0.2) is 18.2 Å². The van der Waals surface area contributed by atoms with E-state index in [1.54, 1.807) is 0 Å². The average Bonchev–Trinajstić information content (AvgIpc) is 2.63. The molecule has 27 heavy (non-hydrogen) atoms. The predicted octanol–water partition coefficient (Wildman–Crippen LogP) is 3.21. The molecule has 1 aliphatic rings. The van der Waals surface area contributed by atoms with Gasteiger partial charge in [0, 0.05) is 31.2 Å². The lowest BCUT2D eigenvalue weighted by Crippen LogP contribution is -2.49. The monoisotopic (exact) mass is 395 g/mol. The Morgan fingerprint density at radius 2 is 1.93 bits per heavy atom. The Kier molecular flexibility index (Phi) is 9.81. The molecule has 1 saturated heterocycles. The summed E-state index contributed by atoms with van der Waals surface area (Å²) in [7, 11) is 0. The number of unbranched alkanes of at least 4 members (excludes halogenated alkanes) is 1. The molecule has 0 bridgehead atoms. The van der Waals surface area contributed by atoms with Gasteiger partial charge in [0.15, 0.2) is 0 Å². The Hall–Kier alpha value is -1.59. The third-order valence-corrected chi connectivity index (χ3v) is 5.09. The zero-order valence-electron chi connectivity index (χ0n) is 16.8. The van der Waals surface area contributed by atoms with Crippen LogP contribution in [0.4, 0.5) is 0 Å². The second kappa shape index (κ2) is 11.3. The quantitative estimate of drug-likeness (QED) is 0.744. The molecule has 0 aliphatic carbocycles. The Balaban J connectivity index is 0.00000364. The van der Waals surface area contributed by atoms with E-state index in [2.05, 4.69) is 18.3 Å². The molecule has 152 valence electrons. The van der Waals surface area contributed by atoms with Crippen molar-refractivity contribution in [3.8, 4) is 0 Å². The number of amides is 2. The smallest absolute Gasteiger partial charge is 0.253 e. The minimum absolute atomic E-state index is 0. The molecule has 6 heteroatoms. The number of hydrogen-bond donors (Lipinski definition) is 2. The summed E-state index contributed by atoms with van der Waals surface area (Å²) in [6.07, 6.45) is 4.75. The Labute approximate surface area is 169 Å². The molecule has 0 saturated carbocycles. The van der Waals surface area contributed by atoms with Gasteiger partial charge < -0.3 is 16.0 Å². The number of nitrogens with two attached hydrogens (primary N) is 1. The predicted molar refractivity (Wildman–Crippen MR) is 112 cm³/mol. The molecule has 2 unspecified atom stereocenters. The lowest BCUT2D eigenvalue weighted by atomic mass is 9.95. The van der Waals surface area contributed by atoms with Crippen molar-refractivity contribution in [2.75, 3.05) is 19.6 Å². The highest BCUT2D eigenvalue weighted by atomic mass is 35.5. The molecule has 1 aliphatic heterocycles. The number of likely N-dealkylation sites (tertiary alicyclic amines) is 1. The molecular formula is C21H34ClN3O2. The molecule has 1 aromatic rings. The largest absolute Gasteiger partial charge is 0.352 e. The van der Waals surface area contributed by atoms with Crippen LogP contribution in [0, 0.1) is 19.8 Å². The normalized spacial score (nSPS) is 17.8. The second-order valence-corrected chi connectivity index (χ2v) is 7.55.